The number of hydrogen-bond donors (Lipinski definition) is 3. The Morgan fingerprint density at radius 2 is 1.72 bits per heavy atom. The smallest absolute Gasteiger partial charge is 0.227 e. The topological polar surface area (TPSA) is 130 Å². The van der Waals surface area contributed by atoms with Gasteiger partial charge in [-0.3, -0.25) is 4.98 Å². The van der Waals surface area contributed by atoms with Crippen LogP contribution in [0.4, 0.5) is 11.6 Å². The van der Waals surface area contributed by atoms with Crippen molar-refractivity contribution in [2.45, 2.75) is 6.04 Å². The molecule has 0 saturated heterocycles. The molecule has 2 aromatic heterocycles. The van der Waals surface area contributed by atoms with Crippen LogP contribution in [0.3, 0.4) is 0 Å². The lowest BCUT2D eigenvalue weighted by atomic mass is 10.1. The van der Waals surface area contributed by atoms with Gasteiger partial charge < -0.3 is 31.0 Å². The molecule has 0 amide bonds. The molecule has 9 nitrogen and oxygen atoms in total. The molecule has 9 heteroatoms. The number of benzene rings is 1. The summed E-state index contributed by atoms with van der Waals surface area (Å²) in [6.45, 7) is 0.336. The molecule has 0 spiro atoms. The van der Waals surface area contributed by atoms with Crippen molar-refractivity contribution >= 4 is 11.6 Å². The summed E-state index contributed by atoms with van der Waals surface area (Å²) in [6, 6.07) is 8.83. The van der Waals surface area contributed by atoms with Gasteiger partial charge in [0.15, 0.2) is 11.5 Å². The van der Waals surface area contributed by atoms with Gasteiger partial charge in [-0.2, -0.15) is 0 Å². The van der Waals surface area contributed by atoms with Gasteiger partial charge in [0.2, 0.25) is 11.7 Å². The molecule has 2 heterocycles. The highest BCUT2D eigenvalue weighted by Crippen LogP contribution is 2.40. The van der Waals surface area contributed by atoms with Crippen molar-refractivity contribution in [3.05, 3.63) is 48.4 Å². The van der Waals surface area contributed by atoms with E-state index in [2.05, 4.69) is 20.3 Å². The lowest BCUT2D eigenvalue weighted by Crippen LogP contribution is -2.21. The predicted molar refractivity (Wildman–Crippen MR) is 111 cm³/mol. The molecule has 0 fully saturated rings. The molecule has 0 radical (unpaired) electrons. The maximum Gasteiger partial charge on any atom is 0.227 e. The number of pyridine rings is 1. The fourth-order valence-electron chi connectivity index (χ4n) is 2.76. The van der Waals surface area contributed by atoms with Crippen molar-refractivity contribution in [3.8, 4) is 28.5 Å². The zero-order valence-corrected chi connectivity index (χ0v) is 16.5. The van der Waals surface area contributed by atoms with Crippen molar-refractivity contribution < 1.29 is 14.2 Å². The molecule has 3 aromatic rings. The zero-order chi connectivity index (χ0) is 20.8. The summed E-state index contributed by atoms with van der Waals surface area (Å²) in [6.07, 6.45) is 3.39. The molecule has 0 saturated carbocycles. The van der Waals surface area contributed by atoms with Gasteiger partial charge in [-0.05, 0) is 18.2 Å². The molecule has 1 aromatic carbocycles. The second-order valence-electron chi connectivity index (χ2n) is 6.12. The van der Waals surface area contributed by atoms with Crippen molar-refractivity contribution in [2.24, 2.45) is 11.5 Å². The lowest BCUT2D eigenvalue weighted by molar-refractivity contribution is 0.324. The molecule has 5 N–H and O–H groups in total. The predicted octanol–water partition coefficient (Wildman–Crippen LogP) is 2.27. The molecule has 3 rings (SSSR count). The highest BCUT2D eigenvalue weighted by molar-refractivity contribution is 5.67. The Hall–Kier alpha value is -3.43. The Balaban J connectivity index is 1.87. The van der Waals surface area contributed by atoms with Crippen LogP contribution >= 0.6 is 0 Å². The maximum absolute atomic E-state index is 5.91. The second kappa shape index (κ2) is 9.18. The van der Waals surface area contributed by atoms with Crippen molar-refractivity contribution in [1.82, 2.24) is 15.0 Å². The number of nitrogens with two attached hydrogens (primary N) is 2. The molecule has 152 valence electrons. The average molecular weight is 396 g/mol. The molecule has 0 aliphatic heterocycles. The van der Waals surface area contributed by atoms with Crippen LogP contribution in [0.1, 0.15) is 11.7 Å². The first-order valence-corrected chi connectivity index (χ1v) is 8.91. The van der Waals surface area contributed by atoms with Crippen molar-refractivity contribution in [3.63, 3.8) is 0 Å². The van der Waals surface area contributed by atoms with Gasteiger partial charge in [0.25, 0.3) is 0 Å². The standard InChI is InChI=1S/C20H24N6O3/c1-27-17-8-13(9-18(28-2)19(17)29-3)25-20-23-7-6-15(26-20)12-4-5-16(24-11-12)14(22)10-21/h4-9,11,14H,10,21-22H2,1-3H3,(H,23,25,26). The first kappa shape index (κ1) is 20.3. The first-order valence-electron chi connectivity index (χ1n) is 8.91. The Kier molecular flexibility index (Phi) is 6.43. The van der Waals surface area contributed by atoms with E-state index in [1.54, 1.807) is 51.9 Å². The minimum absolute atomic E-state index is 0.285. The molecule has 0 bridgehead atoms. The van der Waals surface area contributed by atoms with Gasteiger partial charge in [-0.1, -0.05) is 0 Å². The van der Waals surface area contributed by atoms with Gasteiger partial charge in [-0.15, -0.1) is 0 Å². The van der Waals surface area contributed by atoms with Crippen molar-refractivity contribution in [1.29, 1.82) is 0 Å². The number of anilines is 2. The number of rotatable bonds is 8. The highest BCUT2D eigenvalue weighted by Gasteiger charge is 2.14. The number of aromatic nitrogens is 3. The molecular weight excluding hydrogens is 372 g/mol. The van der Waals surface area contributed by atoms with Crippen LogP contribution in [0.5, 0.6) is 17.2 Å². The fourth-order valence-corrected chi connectivity index (χ4v) is 2.76. The van der Waals surface area contributed by atoms with Crippen LogP contribution in [0.25, 0.3) is 11.3 Å². The summed E-state index contributed by atoms with van der Waals surface area (Å²) in [5, 5.41) is 3.16. The zero-order valence-electron chi connectivity index (χ0n) is 16.5. The fraction of sp³-hybridized carbons (Fsp3) is 0.250. The minimum atomic E-state index is -0.285. The summed E-state index contributed by atoms with van der Waals surface area (Å²) in [5.74, 6) is 1.99. The number of ether oxygens (including phenoxy) is 3. The molecule has 1 atom stereocenters. The van der Waals surface area contributed by atoms with Crippen LogP contribution in [0, 0.1) is 0 Å². The second-order valence-corrected chi connectivity index (χ2v) is 6.12. The highest BCUT2D eigenvalue weighted by atomic mass is 16.5. The van der Waals surface area contributed by atoms with E-state index >= 15 is 0 Å². The lowest BCUT2D eigenvalue weighted by Gasteiger charge is -2.14. The summed E-state index contributed by atoms with van der Waals surface area (Å²) in [4.78, 5) is 13.2. The van der Waals surface area contributed by atoms with Gasteiger partial charge >= 0.3 is 0 Å². The Labute approximate surface area is 169 Å². The summed E-state index contributed by atoms with van der Waals surface area (Å²) >= 11 is 0. The minimum Gasteiger partial charge on any atom is -0.493 e. The molecule has 0 aliphatic rings. The van der Waals surface area contributed by atoms with Crippen LogP contribution in [0.2, 0.25) is 0 Å². The van der Waals surface area contributed by atoms with E-state index in [4.69, 9.17) is 25.7 Å². The maximum atomic E-state index is 5.91. The monoisotopic (exact) mass is 396 g/mol. The Bertz CT molecular complexity index is 940. The van der Waals surface area contributed by atoms with E-state index in [0.717, 1.165) is 17.0 Å². The van der Waals surface area contributed by atoms with E-state index in [1.807, 2.05) is 12.1 Å². The van der Waals surface area contributed by atoms with Gasteiger partial charge in [0, 0.05) is 42.3 Å². The Morgan fingerprint density at radius 3 is 2.28 bits per heavy atom. The number of methoxy groups -OCH3 is 3. The SMILES string of the molecule is COc1cc(Nc2nccc(-c3ccc(C(N)CN)nc3)n2)cc(OC)c1OC. The quantitative estimate of drug-likeness (QED) is 0.525. The van der Waals surface area contributed by atoms with Crippen LogP contribution in [0.15, 0.2) is 42.7 Å². The number of nitrogens with zero attached hydrogens (tertiary/aromatic N) is 3. The summed E-state index contributed by atoms with van der Waals surface area (Å²) in [7, 11) is 4.68. The average Bonchev–Trinajstić information content (AvgIpc) is 2.78. The number of hydrogen-bond acceptors (Lipinski definition) is 9. The third kappa shape index (κ3) is 4.53. The van der Waals surface area contributed by atoms with Gasteiger partial charge in [0.05, 0.1) is 38.8 Å². The largest absolute Gasteiger partial charge is 0.493 e. The Morgan fingerprint density at radius 1 is 1.00 bits per heavy atom. The van der Waals surface area contributed by atoms with E-state index in [1.165, 1.54) is 0 Å². The molecular formula is C20H24N6O3. The molecule has 29 heavy (non-hydrogen) atoms. The third-order valence-electron chi connectivity index (χ3n) is 4.29. The molecule has 0 aliphatic carbocycles. The third-order valence-corrected chi connectivity index (χ3v) is 4.29. The van der Waals surface area contributed by atoms with Crippen LogP contribution in [-0.4, -0.2) is 42.8 Å². The van der Waals surface area contributed by atoms with E-state index < -0.39 is 0 Å². The van der Waals surface area contributed by atoms with Gasteiger partial charge in [0.1, 0.15) is 0 Å². The van der Waals surface area contributed by atoms with E-state index in [0.29, 0.717) is 35.4 Å². The van der Waals surface area contributed by atoms with Gasteiger partial charge in [-0.25, -0.2) is 9.97 Å². The van der Waals surface area contributed by atoms with Crippen LogP contribution in [-0.2, 0) is 0 Å². The van der Waals surface area contributed by atoms with Crippen molar-refractivity contribution in [2.75, 3.05) is 33.2 Å². The van der Waals surface area contributed by atoms with E-state index in [-0.39, 0.29) is 6.04 Å². The first-order chi connectivity index (χ1) is 14.1. The van der Waals surface area contributed by atoms with Crippen LogP contribution < -0.4 is 31.0 Å². The molecule has 1 unspecified atom stereocenters. The number of nitrogens with one attached hydrogen (secondary N) is 1. The van der Waals surface area contributed by atoms with E-state index in [9.17, 15) is 0 Å². The summed E-state index contributed by atoms with van der Waals surface area (Å²) < 4.78 is 16.1. The summed E-state index contributed by atoms with van der Waals surface area (Å²) in [5.41, 5.74) is 14.5. The normalized spacial score (nSPS) is 11.6.